The summed E-state index contributed by atoms with van der Waals surface area (Å²) in [6, 6.07) is 21.8. The van der Waals surface area contributed by atoms with E-state index in [1.165, 1.54) is 6.07 Å². The summed E-state index contributed by atoms with van der Waals surface area (Å²) in [5, 5.41) is 0. The molecule has 3 aromatic rings. The van der Waals surface area contributed by atoms with Gasteiger partial charge in [-0.05, 0) is 35.7 Å². The molecule has 1 aliphatic heterocycles. The Kier molecular flexibility index (Phi) is 6.96. The molecule has 2 amide bonds. The Hall–Kier alpha value is -3.61. The van der Waals surface area contributed by atoms with Crippen LogP contribution in [-0.2, 0) is 17.5 Å². The van der Waals surface area contributed by atoms with Crippen molar-refractivity contribution in [2.75, 3.05) is 20.1 Å². The van der Waals surface area contributed by atoms with Crippen LogP contribution in [0.5, 0.6) is 0 Å². The lowest BCUT2D eigenvalue weighted by atomic mass is 9.87. The predicted molar refractivity (Wildman–Crippen MR) is 128 cm³/mol. The zero-order valence-electron chi connectivity index (χ0n) is 19.6. The average Bonchev–Trinajstić information content (AvgIpc) is 3.29. The fourth-order valence-corrected chi connectivity index (χ4v) is 4.70. The van der Waals surface area contributed by atoms with Crippen molar-refractivity contribution < 1.29 is 22.8 Å². The summed E-state index contributed by atoms with van der Waals surface area (Å²) in [5.74, 6) is -1.62. The van der Waals surface area contributed by atoms with E-state index in [-0.39, 0.29) is 24.9 Å². The Labute approximate surface area is 203 Å². The molecule has 1 aliphatic rings. The van der Waals surface area contributed by atoms with E-state index in [0.29, 0.717) is 17.7 Å². The molecule has 1 fully saturated rings. The summed E-state index contributed by atoms with van der Waals surface area (Å²) >= 11 is 0. The quantitative estimate of drug-likeness (QED) is 0.482. The number of carbonyl (C=O) groups excluding carboxylic acids is 2. The maximum atomic E-state index is 13.6. The van der Waals surface area contributed by atoms with Gasteiger partial charge in [-0.1, -0.05) is 66.7 Å². The number of aryl methyl sites for hydroxylation is 1. The Morgan fingerprint density at radius 1 is 0.943 bits per heavy atom. The number of halogens is 3. The van der Waals surface area contributed by atoms with Gasteiger partial charge in [-0.15, -0.1) is 0 Å². The van der Waals surface area contributed by atoms with Gasteiger partial charge in [0, 0.05) is 38.2 Å². The first-order valence-corrected chi connectivity index (χ1v) is 11.5. The van der Waals surface area contributed by atoms with E-state index < -0.39 is 23.6 Å². The number of carbonyl (C=O) groups is 2. The van der Waals surface area contributed by atoms with Crippen LogP contribution in [0.4, 0.5) is 13.2 Å². The van der Waals surface area contributed by atoms with Crippen molar-refractivity contribution >= 4 is 11.8 Å². The van der Waals surface area contributed by atoms with E-state index in [4.69, 9.17) is 0 Å². The predicted octanol–water partition coefficient (Wildman–Crippen LogP) is 5.53. The average molecular weight is 481 g/mol. The first-order chi connectivity index (χ1) is 16.6. The zero-order valence-corrected chi connectivity index (χ0v) is 19.6. The molecule has 3 aromatic carbocycles. The van der Waals surface area contributed by atoms with E-state index in [9.17, 15) is 22.8 Å². The van der Waals surface area contributed by atoms with Gasteiger partial charge in [0.25, 0.3) is 5.91 Å². The first kappa shape index (κ1) is 24.5. The normalized spacial score (nSPS) is 17.9. The Bertz CT molecular complexity index is 1210. The van der Waals surface area contributed by atoms with Crippen LogP contribution >= 0.6 is 0 Å². The van der Waals surface area contributed by atoms with Gasteiger partial charge in [-0.25, -0.2) is 0 Å². The topological polar surface area (TPSA) is 40.6 Å². The monoisotopic (exact) mass is 480 g/mol. The van der Waals surface area contributed by atoms with Gasteiger partial charge < -0.3 is 9.80 Å². The number of hydrogen-bond donors (Lipinski definition) is 0. The number of alkyl halides is 3. The minimum Gasteiger partial charge on any atom is -0.341 e. The third-order valence-corrected chi connectivity index (χ3v) is 6.58. The summed E-state index contributed by atoms with van der Waals surface area (Å²) in [6.07, 6.45) is -4.49. The van der Waals surface area contributed by atoms with E-state index in [1.807, 2.05) is 49.4 Å². The lowest BCUT2D eigenvalue weighted by molar-refractivity contribution is -0.137. The minimum atomic E-state index is -4.49. The zero-order chi connectivity index (χ0) is 25.2. The highest BCUT2D eigenvalue weighted by atomic mass is 19.4. The molecule has 0 N–H and O–H groups in total. The fraction of sp³-hybridized carbons (Fsp3) is 0.286. The van der Waals surface area contributed by atoms with Crippen LogP contribution in [-0.4, -0.2) is 41.8 Å². The van der Waals surface area contributed by atoms with Gasteiger partial charge in [0.1, 0.15) is 0 Å². The second-order valence-electron chi connectivity index (χ2n) is 9.04. The van der Waals surface area contributed by atoms with Crippen molar-refractivity contribution in [3.05, 3.63) is 107 Å². The van der Waals surface area contributed by atoms with Gasteiger partial charge >= 0.3 is 6.18 Å². The van der Waals surface area contributed by atoms with Crippen molar-refractivity contribution in [1.29, 1.82) is 0 Å². The highest BCUT2D eigenvalue weighted by Gasteiger charge is 2.42. The van der Waals surface area contributed by atoms with E-state index in [1.54, 1.807) is 35.0 Å². The standard InChI is InChI=1S/C28H27F3N2O2/c1-19-9-6-7-14-23(19)27(35)33-17-24(21-12-8-13-22(15-21)28(29,30)31)25(18-33)26(34)32(2)16-20-10-4-3-5-11-20/h3-15,24-25H,16-18H2,1-2H3. The van der Waals surface area contributed by atoms with Crippen LogP contribution in [0.15, 0.2) is 78.9 Å². The van der Waals surface area contributed by atoms with Crippen molar-refractivity contribution in [3.63, 3.8) is 0 Å². The van der Waals surface area contributed by atoms with Gasteiger partial charge in [0.2, 0.25) is 5.91 Å². The molecule has 2 unspecified atom stereocenters. The molecule has 1 saturated heterocycles. The van der Waals surface area contributed by atoms with Crippen molar-refractivity contribution in [3.8, 4) is 0 Å². The van der Waals surface area contributed by atoms with E-state index >= 15 is 0 Å². The summed E-state index contributed by atoms with van der Waals surface area (Å²) in [4.78, 5) is 30.0. The van der Waals surface area contributed by atoms with Crippen molar-refractivity contribution in [2.24, 2.45) is 5.92 Å². The van der Waals surface area contributed by atoms with Gasteiger partial charge in [0.05, 0.1) is 11.5 Å². The lowest BCUT2D eigenvalue weighted by Gasteiger charge is -2.25. The molecule has 182 valence electrons. The Balaban J connectivity index is 1.65. The SMILES string of the molecule is Cc1ccccc1C(=O)N1CC(C(=O)N(C)Cc2ccccc2)C(c2cccc(C(F)(F)F)c2)C1. The molecular formula is C28H27F3N2O2. The highest BCUT2D eigenvalue weighted by molar-refractivity contribution is 5.96. The molecule has 0 bridgehead atoms. The molecule has 0 aromatic heterocycles. The van der Waals surface area contributed by atoms with E-state index in [2.05, 4.69) is 0 Å². The number of likely N-dealkylation sites (tertiary alicyclic amines) is 1. The number of amides is 2. The van der Waals surface area contributed by atoms with Gasteiger partial charge in [0.15, 0.2) is 0 Å². The van der Waals surface area contributed by atoms with Crippen LogP contribution in [0.1, 0.15) is 38.5 Å². The number of hydrogen-bond acceptors (Lipinski definition) is 2. The van der Waals surface area contributed by atoms with Crippen molar-refractivity contribution in [1.82, 2.24) is 9.80 Å². The van der Waals surface area contributed by atoms with Crippen LogP contribution in [0.3, 0.4) is 0 Å². The number of nitrogens with zero attached hydrogens (tertiary/aromatic N) is 2. The molecule has 0 spiro atoms. The molecule has 4 rings (SSSR count). The summed E-state index contributed by atoms with van der Waals surface area (Å²) in [7, 11) is 1.68. The maximum absolute atomic E-state index is 13.6. The summed E-state index contributed by atoms with van der Waals surface area (Å²) in [6.45, 7) is 2.52. The smallest absolute Gasteiger partial charge is 0.341 e. The van der Waals surface area contributed by atoms with Crippen LogP contribution < -0.4 is 0 Å². The number of benzene rings is 3. The van der Waals surface area contributed by atoms with Gasteiger partial charge in [-0.2, -0.15) is 13.2 Å². The molecule has 2 atom stereocenters. The first-order valence-electron chi connectivity index (χ1n) is 11.5. The summed E-state index contributed by atoms with van der Waals surface area (Å²) < 4.78 is 40.2. The molecule has 0 aliphatic carbocycles. The fourth-order valence-electron chi connectivity index (χ4n) is 4.70. The molecule has 4 nitrogen and oxygen atoms in total. The maximum Gasteiger partial charge on any atom is 0.416 e. The van der Waals surface area contributed by atoms with Crippen molar-refractivity contribution in [2.45, 2.75) is 25.6 Å². The third-order valence-electron chi connectivity index (χ3n) is 6.58. The second-order valence-corrected chi connectivity index (χ2v) is 9.04. The molecule has 35 heavy (non-hydrogen) atoms. The molecular weight excluding hydrogens is 453 g/mol. The van der Waals surface area contributed by atoms with E-state index in [0.717, 1.165) is 23.3 Å². The highest BCUT2D eigenvalue weighted by Crippen LogP contribution is 2.38. The number of rotatable bonds is 5. The van der Waals surface area contributed by atoms with Crippen LogP contribution in [0.25, 0.3) is 0 Å². The second kappa shape index (κ2) is 9.94. The molecule has 0 saturated carbocycles. The van der Waals surface area contributed by atoms with Gasteiger partial charge in [-0.3, -0.25) is 9.59 Å². The molecule has 7 heteroatoms. The van der Waals surface area contributed by atoms with Crippen LogP contribution in [0, 0.1) is 12.8 Å². The Morgan fingerprint density at radius 3 is 2.31 bits per heavy atom. The summed E-state index contributed by atoms with van der Waals surface area (Å²) in [5.41, 5.74) is 1.93. The largest absolute Gasteiger partial charge is 0.416 e. The lowest BCUT2D eigenvalue weighted by Crippen LogP contribution is -2.36. The molecule has 0 radical (unpaired) electrons. The molecule has 1 heterocycles. The Morgan fingerprint density at radius 2 is 1.63 bits per heavy atom. The van der Waals surface area contributed by atoms with Crippen LogP contribution in [0.2, 0.25) is 0 Å². The minimum absolute atomic E-state index is 0.145. The third kappa shape index (κ3) is 5.39.